The summed E-state index contributed by atoms with van der Waals surface area (Å²) in [7, 11) is 0. The molecule has 0 radical (unpaired) electrons. The summed E-state index contributed by atoms with van der Waals surface area (Å²) in [6.07, 6.45) is 0. The van der Waals surface area contributed by atoms with Crippen molar-refractivity contribution in [3.63, 3.8) is 0 Å². The molecule has 0 unspecified atom stereocenters. The monoisotopic (exact) mass is 414 g/mol. The van der Waals surface area contributed by atoms with E-state index >= 15 is 0 Å². The summed E-state index contributed by atoms with van der Waals surface area (Å²) >= 11 is 6.12. The third-order valence-electron chi connectivity index (χ3n) is 4.98. The third kappa shape index (κ3) is 3.31. The SMILES string of the molecule is Cc1nnc2n1-c1ccccc1C(c1ccc(Cl)cc1)=NN2CNc1ccccc1. The Kier molecular flexibility index (Phi) is 4.69. The Labute approximate surface area is 179 Å². The van der Waals surface area contributed by atoms with Gasteiger partial charge in [0.25, 0.3) is 5.95 Å². The number of fused-ring (bicyclic) bond motifs is 3. The zero-order chi connectivity index (χ0) is 20.5. The lowest BCUT2D eigenvalue weighted by Gasteiger charge is -2.19. The molecular formula is C23H19ClN6. The number of nitrogens with one attached hydrogen (secondary N) is 1. The molecular weight excluding hydrogens is 396 g/mol. The molecule has 0 bridgehead atoms. The highest BCUT2D eigenvalue weighted by Crippen LogP contribution is 2.29. The highest BCUT2D eigenvalue weighted by molar-refractivity contribution is 6.30. The maximum absolute atomic E-state index is 6.12. The first-order chi connectivity index (χ1) is 14.7. The molecule has 1 N–H and O–H groups in total. The number of hydrazone groups is 1. The Balaban J connectivity index is 1.65. The number of para-hydroxylation sites is 2. The van der Waals surface area contributed by atoms with Crippen molar-refractivity contribution in [1.82, 2.24) is 14.8 Å². The molecule has 1 aliphatic heterocycles. The normalized spacial score (nSPS) is 12.6. The zero-order valence-corrected chi connectivity index (χ0v) is 17.1. The molecule has 0 saturated carbocycles. The predicted molar refractivity (Wildman–Crippen MR) is 121 cm³/mol. The fourth-order valence-electron chi connectivity index (χ4n) is 3.54. The smallest absolute Gasteiger partial charge is 0.254 e. The van der Waals surface area contributed by atoms with Gasteiger partial charge >= 0.3 is 0 Å². The van der Waals surface area contributed by atoms with Crippen LogP contribution in [0.1, 0.15) is 17.0 Å². The van der Waals surface area contributed by atoms with Crippen molar-refractivity contribution in [2.75, 3.05) is 17.0 Å². The number of aromatic nitrogens is 3. The topological polar surface area (TPSA) is 58.3 Å². The first-order valence-corrected chi connectivity index (χ1v) is 10.0. The van der Waals surface area contributed by atoms with Crippen LogP contribution in [0.2, 0.25) is 5.02 Å². The Morgan fingerprint density at radius 3 is 2.40 bits per heavy atom. The van der Waals surface area contributed by atoms with Gasteiger partial charge in [0.1, 0.15) is 18.2 Å². The van der Waals surface area contributed by atoms with Gasteiger partial charge in [0.2, 0.25) is 0 Å². The molecule has 0 spiro atoms. The van der Waals surface area contributed by atoms with Gasteiger partial charge in [-0.25, -0.2) is 5.01 Å². The minimum Gasteiger partial charge on any atom is -0.366 e. The molecule has 4 aromatic rings. The van der Waals surface area contributed by atoms with Crippen LogP contribution in [0, 0.1) is 6.92 Å². The molecule has 2 heterocycles. The number of hydrogen-bond donors (Lipinski definition) is 1. The number of benzene rings is 3. The number of halogens is 1. The second-order valence-corrected chi connectivity index (χ2v) is 7.39. The molecule has 7 heteroatoms. The minimum absolute atomic E-state index is 0.438. The van der Waals surface area contributed by atoms with Crippen LogP contribution in [-0.4, -0.2) is 27.1 Å². The summed E-state index contributed by atoms with van der Waals surface area (Å²) in [4.78, 5) is 0. The fraction of sp³-hybridized carbons (Fsp3) is 0.0870. The van der Waals surface area contributed by atoms with Crippen LogP contribution in [0.3, 0.4) is 0 Å². The van der Waals surface area contributed by atoms with E-state index in [0.717, 1.165) is 34.0 Å². The van der Waals surface area contributed by atoms with E-state index in [1.807, 2.05) is 83.2 Å². The number of nitrogens with zero attached hydrogens (tertiary/aromatic N) is 5. The van der Waals surface area contributed by atoms with E-state index in [-0.39, 0.29) is 0 Å². The molecule has 5 rings (SSSR count). The van der Waals surface area contributed by atoms with Crippen molar-refractivity contribution in [3.8, 4) is 5.69 Å². The predicted octanol–water partition coefficient (Wildman–Crippen LogP) is 4.87. The largest absolute Gasteiger partial charge is 0.366 e. The van der Waals surface area contributed by atoms with Crippen molar-refractivity contribution >= 4 is 28.9 Å². The molecule has 148 valence electrons. The van der Waals surface area contributed by atoms with Gasteiger partial charge in [0.15, 0.2) is 0 Å². The Hall–Kier alpha value is -3.64. The van der Waals surface area contributed by atoms with Crippen LogP contribution in [0.25, 0.3) is 5.69 Å². The van der Waals surface area contributed by atoms with Gasteiger partial charge in [-0.3, -0.25) is 4.57 Å². The molecule has 0 saturated heterocycles. The highest BCUT2D eigenvalue weighted by Gasteiger charge is 2.26. The lowest BCUT2D eigenvalue weighted by molar-refractivity contribution is 0.832. The van der Waals surface area contributed by atoms with Gasteiger partial charge in [-0.2, -0.15) is 5.10 Å². The molecule has 6 nitrogen and oxygen atoms in total. The van der Waals surface area contributed by atoms with Crippen molar-refractivity contribution in [1.29, 1.82) is 0 Å². The van der Waals surface area contributed by atoms with E-state index in [9.17, 15) is 0 Å². The average Bonchev–Trinajstić information content (AvgIpc) is 3.10. The summed E-state index contributed by atoms with van der Waals surface area (Å²) in [6.45, 7) is 2.39. The summed E-state index contributed by atoms with van der Waals surface area (Å²) in [5.41, 5.74) is 4.83. The lowest BCUT2D eigenvalue weighted by Crippen LogP contribution is -2.27. The van der Waals surface area contributed by atoms with Crippen LogP contribution in [0.5, 0.6) is 0 Å². The second-order valence-electron chi connectivity index (χ2n) is 6.96. The Morgan fingerprint density at radius 2 is 1.60 bits per heavy atom. The van der Waals surface area contributed by atoms with E-state index in [4.69, 9.17) is 16.7 Å². The van der Waals surface area contributed by atoms with Crippen molar-refractivity contribution in [2.45, 2.75) is 6.92 Å². The van der Waals surface area contributed by atoms with Crippen molar-refractivity contribution in [3.05, 3.63) is 101 Å². The summed E-state index contributed by atoms with van der Waals surface area (Å²) < 4.78 is 2.04. The zero-order valence-electron chi connectivity index (χ0n) is 16.3. The quantitative estimate of drug-likeness (QED) is 0.517. The fourth-order valence-corrected chi connectivity index (χ4v) is 3.66. The summed E-state index contributed by atoms with van der Waals surface area (Å²) in [5.74, 6) is 1.46. The molecule has 3 aromatic carbocycles. The minimum atomic E-state index is 0.438. The maximum Gasteiger partial charge on any atom is 0.254 e. The average molecular weight is 415 g/mol. The van der Waals surface area contributed by atoms with Gasteiger partial charge < -0.3 is 5.32 Å². The molecule has 1 aromatic heterocycles. The van der Waals surface area contributed by atoms with Crippen molar-refractivity contribution in [2.24, 2.45) is 5.10 Å². The number of rotatable bonds is 4. The molecule has 0 atom stereocenters. The van der Waals surface area contributed by atoms with E-state index in [2.05, 4.69) is 27.6 Å². The Morgan fingerprint density at radius 1 is 0.867 bits per heavy atom. The molecule has 1 aliphatic rings. The van der Waals surface area contributed by atoms with Crippen molar-refractivity contribution < 1.29 is 0 Å². The van der Waals surface area contributed by atoms with E-state index < -0.39 is 0 Å². The number of hydrogen-bond acceptors (Lipinski definition) is 5. The summed E-state index contributed by atoms with van der Waals surface area (Å²) in [6, 6.07) is 25.9. The number of aryl methyl sites for hydroxylation is 1. The first-order valence-electron chi connectivity index (χ1n) is 9.63. The summed E-state index contributed by atoms with van der Waals surface area (Å²) in [5, 5.41) is 19.7. The standard InChI is InChI=1S/C23H19ClN6/c1-16-26-27-23-29(15-25-19-7-3-2-4-8-19)28-22(17-11-13-18(24)14-12-17)20-9-5-6-10-21(20)30(16)23/h2-14,25H,15H2,1H3. The van der Waals surface area contributed by atoms with Crippen LogP contribution < -0.4 is 10.3 Å². The van der Waals surface area contributed by atoms with E-state index in [1.165, 1.54) is 0 Å². The van der Waals surface area contributed by atoms with Crippen LogP contribution in [-0.2, 0) is 0 Å². The second kappa shape index (κ2) is 7.65. The maximum atomic E-state index is 6.12. The van der Waals surface area contributed by atoms with Gasteiger partial charge in [-0.05, 0) is 37.3 Å². The molecule has 0 amide bonds. The van der Waals surface area contributed by atoms with E-state index in [0.29, 0.717) is 17.6 Å². The lowest BCUT2D eigenvalue weighted by atomic mass is 10.0. The van der Waals surface area contributed by atoms with Gasteiger partial charge in [-0.1, -0.05) is 60.1 Å². The van der Waals surface area contributed by atoms with E-state index in [1.54, 1.807) is 0 Å². The van der Waals surface area contributed by atoms with Crippen LogP contribution in [0.4, 0.5) is 11.6 Å². The molecule has 30 heavy (non-hydrogen) atoms. The van der Waals surface area contributed by atoms with Gasteiger partial charge in [-0.15, -0.1) is 10.2 Å². The molecule has 0 fully saturated rings. The third-order valence-corrected chi connectivity index (χ3v) is 5.24. The van der Waals surface area contributed by atoms with Crippen LogP contribution >= 0.6 is 11.6 Å². The molecule has 0 aliphatic carbocycles. The first kappa shape index (κ1) is 18.4. The van der Waals surface area contributed by atoms with Crippen LogP contribution in [0.15, 0.2) is 84.0 Å². The highest BCUT2D eigenvalue weighted by atomic mass is 35.5. The Bertz CT molecular complexity index is 1210. The van der Waals surface area contributed by atoms with Gasteiger partial charge in [0.05, 0.1) is 5.69 Å². The van der Waals surface area contributed by atoms with Gasteiger partial charge in [0, 0.05) is 21.8 Å². The number of anilines is 2.